The lowest BCUT2D eigenvalue weighted by atomic mass is 10.2. The van der Waals surface area contributed by atoms with Gasteiger partial charge in [-0.25, -0.2) is 9.97 Å². The van der Waals surface area contributed by atoms with Crippen LogP contribution in [0.5, 0.6) is 0 Å². The Morgan fingerprint density at radius 2 is 1.95 bits per heavy atom. The lowest BCUT2D eigenvalue weighted by Gasteiger charge is -2.20. The molecule has 1 fully saturated rings. The smallest absolute Gasteiger partial charge is 0.225 e. The molecule has 0 atom stereocenters. The van der Waals surface area contributed by atoms with Gasteiger partial charge in [0.25, 0.3) is 0 Å². The normalized spacial score (nSPS) is 15.9. The number of nitrogens with zero attached hydrogens (tertiary/aromatic N) is 5. The minimum absolute atomic E-state index is 0.774. The first kappa shape index (κ1) is 12.9. The summed E-state index contributed by atoms with van der Waals surface area (Å²) in [5.74, 6) is 0.774. The van der Waals surface area contributed by atoms with Gasteiger partial charge in [-0.05, 0) is 26.0 Å². The van der Waals surface area contributed by atoms with E-state index in [9.17, 15) is 0 Å². The van der Waals surface area contributed by atoms with Gasteiger partial charge in [-0.2, -0.15) is 0 Å². The number of aryl methyl sites for hydroxylation is 1. The fraction of sp³-hybridized carbons (Fsp3) is 0.429. The number of aromatic nitrogens is 4. The van der Waals surface area contributed by atoms with Crippen LogP contribution in [-0.4, -0.2) is 46.1 Å². The molecule has 1 N–H and O–H groups in total. The van der Waals surface area contributed by atoms with E-state index in [1.54, 1.807) is 18.6 Å². The lowest BCUT2D eigenvalue weighted by Crippen LogP contribution is -2.29. The fourth-order valence-corrected chi connectivity index (χ4v) is 2.34. The van der Waals surface area contributed by atoms with Crippen LogP contribution in [0.3, 0.4) is 0 Å². The number of hydrogen-bond acceptors (Lipinski definition) is 6. The summed E-state index contributed by atoms with van der Waals surface area (Å²) in [7, 11) is 0. The minimum Gasteiger partial charge on any atom is -0.339 e. The third-order valence-corrected chi connectivity index (χ3v) is 3.39. The maximum atomic E-state index is 4.65. The number of rotatable bonds is 2. The van der Waals surface area contributed by atoms with Gasteiger partial charge in [-0.3, -0.25) is 9.97 Å². The van der Waals surface area contributed by atoms with Crippen LogP contribution in [0.25, 0.3) is 11.4 Å². The van der Waals surface area contributed by atoms with E-state index in [4.69, 9.17) is 0 Å². The minimum atomic E-state index is 0.774. The Hall–Kier alpha value is -2.08. The highest BCUT2D eigenvalue weighted by Gasteiger charge is 2.14. The quantitative estimate of drug-likeness (QED) is 0.879. The van der Waals surface area contributed by atoms with Gasteiger partial charge in [-0.1, -0.05) is 0 Å². The zero-order valence-corrected chi connectivity index (χ0v) is 11.6. The molecule has 0 aliphatic carbocycles. The van der Waals surface area contributed by atoms with Crippen molar-refractivity contribution >= 4 is 5.95 Å². The summed E-state index contributed by atoms with van der Waals surface area (Å²) in [5.41, 5.74) is 2.54. The Labute approximate surface area is 118 Å². The van der Waals surface area contributed by atoms with E-state index in [2.05, 4.69) is 30.2 Å². The second kappa shape index (κ2) is 5.92. The fourth-order valence-electron chi connectivity index (χ4n) is 2.34. The van der Waals surface area contributed by atoms with Gasteiger partial charge >= 0.3 is 0 Å². The largest absolute Gasteiger partial charge is 0.339 e. The molecule has 0 spiro atoms. The van der Waals surface area contributed by atoms with Gasteiger partial charge in [0.15, 0.2) is 0 Å². The van der Waals surface area contributed by atoms with Crippen molar-refractivity contribution in [3.8, 4) is 11.4 Å². The standard InChI is InChI=1S/C14H18N6/c1-11-13(17-7-6-16-11)12-3-5-18-14(19-12)20-9-2-4-15-8-10-20/h3,5-7,15H,2,4,8-10H2,1H3. The first-order chi connectivity index (χ1) is 9.84. The van der Waals surface area contributed by atoms with Crippen LogP contribution in [0.15, 0.2) is 24.7 Å². The van der Waals surface area contributed by atoms with Crippen molar-refractivity contribution in [2.24, 2.45) is 0 Å². The predicted molar refractivity (Wildman–Crippen MR) is 77.5 cm³/mol. The number of hydrogen-bond donors (Lipinski definition) is 1. The van der Waals surface area contributed by atoms with Crippen molar-refractivity contribution in [2.75, 3.05) is 31.1 Å². The third-order valence-electron chi connectivity index (χ3n) is 3.39. The molecule has 0 amide bonds. The van der Waals surface area contributed by atoms with Crippen LogP contribution >= 0.6 is 0 Å². The lowest BCUT2D eigenvalue weighted by molar-refractivity contribution is 0.724. The van der Waals surface area contributed by atoms with Gasteiger partial charge in [0.05, 0.1) is 11.4 Å². The molecule has 0 unspecified atom stereocenters. The highest BCUT2D eigenvalue weighted by atomic mass is 15.3. The van der Waals surface area contributed by atoms with Crippen LogP contribution < -0.4 is 10.2 Å². The molecule has 6 nitrogen and oxygen atoms in total. The molecule has 1 saturated heterocycles. The maximum absolute atomic E-state index is 4.65. The van der Waals surface area contributed by atoms with Gasteiger partial charge in [-0.15, -0.1) is 0 Å². The van der Waals surface area contributed by atoms with Crippen LogP contribution in [0.1, 0.15) is 12.1 Å². The number of nitrogens with one attached hydrogen (secondary N) is 1. The first-order valence-corrected chi connectivity index (χ1v) is 6.91. The Bertz CT molecular complexity index is 577. The van der Waals surface area contributed by atoms with Crippen LogP contribution in [-0.2, 0) is 0 Å². The zero-order chi connectivity index (χ0) is 13.8. The topological polar surface area (TPSA) is 66.8 Å². The van der Waals surface area contributed by atoms with Gasteiger partial charge < -0.3 is 10.2 Å². The second-order valence-corrected chi connectivity index (χ2v) is 4.82. The van der Waals surface area contributed by atoms with Gasteiger partial charge in [0, 0.05) is 38.2 Å². The Kier molecular flexibility index (Phi) is 3.83. The molecule has 3 rings (SSSR count). The molecule has 0 saturated carbocycles. The first-order valence-electron chi connectivity index (χ1n) is 6.91. The van der Waals surface area contributed by atoms with Crippen molar-refractivity contribution in [3.63, 3.8) is 0 Å². The van der Waals surface area contributed by atoms with Crippen LogP contribution in [0, 0.1) is 6.92 Å². The van der Waals surface area contributed by atoms with E-state index in [0.29, 0.717) is 0 Å². The van der Waals surface area contributed by atoms with Crippen LogP contribution in [0.2, 0.25) is 0 Å². The average molecular weight is 270 g/mol. The van der Waals surface area contributed by atoms with Crippen molar-refractivity contribution in [2.45, 2.75) is 13.3 Å². The molecule has 20 heavy (non-hydrogen) atoms. The Morgan fingerprint density at radius 1 is 1.05 bits per heavy atom. The van der Waals surface area contributed by atoms with E-state index < -0.39 is 0 Å². The highest BCUT2D eigenvalue weighted by Crippen LogP contribution is 2.19. The zero-order valence-electron chi connectivity index (χ0n) is 11.6. The molecule has 0 bridgehead atoms. The maximum Gasteiger partial charge on any atom is 0.225 e. The molecule has 3 heterocycles. The summed E-state index contributed by atoms with van der Waals surface area (Å²) in [6, 6.07) is 1.89. The molecule has 1 aliphatic rings. The molecule has 1 aliphatic heterocycles. The monoisotopic (exact) mass is 270 g/mol. The van der Waals surface area contributed by atoms with Crippen molar-refractivity contribution in [1.29, 1.82) is 0 Å². The van der Waals surface area contributed by atoms with Crippen LogP contribution in [0.4, 0.5) is 5.95 Å². The van der Waals surface area contributed by atoms with E-state index >= 15 is 0 Å². The summed E-state index contributed by atoms with van der Waals surface area (Å²) in [4.78, 5) is 19.9. The molecule has 2 aromatic heterocycles. The van der Waals surface area contributed by atoms with Crippen molar-refractivity contribution < 1.29 is 0 Å². The molecular formula is C14H18N6. The third kappa shape index (κ3) is 2.75. The molecule has 104 valence electrons. The van der Waals surface area contributed by atoms with Gasteiger partial charge in [0.1, 0.15) is 5.69 Å². The van der Waals surface area contributed by atoms with E-state index in [-0.39, 0.29) is 0 Å². The predicted octanol–water partition coefficient (Wildman–Crippen LogP) is 1.04. The Balaban J connectivity index is 1.91. The average Bonchev–Trinajstić information content (AvgIpc) is 2.77. The molecular weight excluding hydrogens is 252 g/mol. The Morgan fingerprint density at radius 3 is 2.85 bits per heavy atom. The van der Waals surface area contributed by atoms with E-state index in [1.165, 1.54) is 0 Å². The molecule has 2 aromatic rings. The van der Waals surface area contributed by atoms with Crippen molar-refractivity contribution in [3.05, 3.63) is 30.4 Å². The molecule has 0 aromatic carbocycles. The highest BCUT2D eigenvalue weighted by molar-refractivity contribution is 5.57. The molecule has 0 radical (unpaired) electrons. The van der Waals surface area contributed by atoms with Crippen molar-refractivity contribution in [1.82, 2.24) is 25.3 Å². The summed E-state index contributed by atoms with van der Waals surface area (Å²) >= 11 is 0. The summed E-state index contributed by atoms with van der Waals surface area (Å²) < 4.78 is 0. The summed E-state index contributed by atoms with van der Waals surface area (Å²) in [6.07, 6.45) is 6.29. The van der Waals surface area contributed by atoms with E-state index in [0.717, 1.165) is 55.6 Å². The summed E-state index contributed by atoms with van der Waals surface area (Å²) in [6.45, 7) is 5.88. The van der Waals surface area contributed by atoms with E-state index in [1.807, 2.05) is 13.0 Å². The van der Waals surface area contributed by atoms with Gasteiger partial charge in [0.2, 0.25) is 5.95 Å². The SMILES string of the molecule is Cc1nccnc1-c1ccnc(N2CCCNCC2)n1. The summed E-state index contributed by atoms with van der Waals surface area (Å²) in [5, 5.41) is 3.38. The second-order valence-electron chi connectivity index (χ2n) is 4.82. The molecule has 6 heteroatoms. The number of anilines is 1.